The first kappa shape index (κ1) is 16.5. The Morgan fingerprint density at radius 1 is 1.43 bits per heavy atom. The highest BCUT2D eigenvalue weighted by molar-refractivity contribution is 6.00. The van der Waals surface area contributed by atoms with E-state index < -0.39 is 16.9 Å². The number of carbonyl (C=O) groups is 1. The Kier molecular flexibility index (Phi) is 4.97. The molecule has 2 N–H and O–H groups in total. The summed E-state index contributed by atoms with van der Waals surface area (Å²) < 4.78 is 5.05. The van der Waals surface area contributed by atoms with Gasteiger partial charge >= 0.3 is 0 Å². The van der Waals surface area contributed by atoms with Crippen LogP contribution in [0.5, 0.6) is 0 Å². The standard InChI is InChI=1S/C15H17N3O5/c1-17(2)12-6-5-10(18(21)22)8-11(12)15(20)16-9-13(19)14-4-3-7-23-14/h3-8,13,19H,9H2,1-2H3,(H,16,20). The van der Waals surface area contributed by atoms with Gasteiger partial charge in [0.25, 0.3) is 11.6 Å². The Hall–Kier alpha value is -2.87. The average molecular weight is 319 g/mol. The lowest BCUT2D eigenvalue weighted by molar-refractivity contribution is -0.384. The topological polar surface area (TPSA) is 109 Å². The highest BCUT2D eigenvalue weighted by Gasteiger charge is 2.19. The Labute approximate surface area is 132 Å². The number of carbonyl (C=O) groups excluding carboxylic acids is 1. The van der Waals surface area contributed by atoms with Crippen molar-refractivity contribution in [3.05, 3.63) is 58.0 Å². The van der Waals surface area contributed by atoms with E-state index in [1.807, 2.05) is 0 Å². The summed E-state index contributed by atoms with van der Waals surface area (Å²) in [5, 5.41) is 23.3. The minimum Gasteiger partial charge on any atom is -0.467 e. The van der Waals surface area contributed by atoms with Gasteiger partial charge in [0.15, 0.2) is 0 Å². The molecule has 0 aliphatic carbocycles. The molecule has 2 rings (SSSR count). The molecule has 0 saturated heterocycles. The van der Waals surface area contributed by atoms with E-state index in [0.717, 1.165) is 0 Å². The van der Waals surface area contributed by atoms with Crippen LogP contribution in [0, 0.1) is 10.1 Å². The first-order chi connectivity index (χ1) is 10.9. The fourth-order valence-electron chi connectivity index (χ4n) is 2.08. The van der Waals surface area contributed by atoms with E-state index in [-0.39, 0.29) is 17.8 Å². The number of rotatable bonds is 6. The third-order valence-electron chi connectivity index (χ3n) is 3.24. The predicted molar refractivity (Wildman–Crippen MR) is 83.4 cm³/mol. The summed E-state index contributed by atoms with van der Waals surface area (Å²) in [6.45, 7) is -0.0676. The molecule has 1 aromatic heterocycles. The number of nitrogens with zero attached hydrogens (tertiary/aromatic N) is 2. The molecule has 0 saturated carbocycles. The Bertz CT molecular complexity index is 697. The van der Waals surface area contributed by atoms with Gasteiger partial charge < -0.3 is 19.7 Å². The van der Waals surface area contributed by atoms with Crippen molar-refractivity contribution in [2.75, 3.05) is 25.5 Å². The molecule has 1 atom stereocenters. The molecule has 1 heterocycles. The van der Waals surface area contributed by atoms with E-state index >= 15 is 0 Å². The fourth-order valence-corrected chi connectivity index (χ4v) is 2.08. The van der Waals surface area contributed by atoms with Crippen LogP contribution in [-0.4, -0.2) is 36.6 Å². The molecular weight excluding hydrogens is 302 g/mol. The smallest absolute Gasteiger partial charge is 0.270 e. The third kappa shape index (κ3) is 3.86. The maximum Gasteiger partial charge on any atom is 0.270 e. The molecule has 1 amide bonds. The molecule has 0 radical (unpaired) electrons. The molecule has 2 aromatic rings. The van der Waals surface area contributed by atoms with Crippen LogP contribution in [0.25, 0.3) is 0 Å². The van der Waals surface area contributed by atoms with Crippen molar-refractivity contribution >= 4 is 17.3 Å². The summed E-state index contributed by atoms with van der Waals surface area (Å²) in [7, 11) is 3.46. The number of aliphatic hydroxyl groups is 1. The fraction of sp³-hybridized carbons (Fsp3) is 0.267. The van der Waals surface area contributed by atoms with Crippen molar-refractivity contribution < 1.29 is 19.2 Å². The number of furan rings is 1. The molecule has 23 heavy (non-hydrogen) atoms. The number of hydrogen-bond acceptors (Lipinski definition) is 6. The molecule has 0 fully saturated rings. The van der Waals surface area contributed by atoms with Gasteiger partial charge in [-0.05, 0) is 18.2 Å². The number of anilines is 1. The molecule has 1 aromatic carbocycles. The molecule has 8 heteroatoms. The van der Waals surface area contributed by atoms with Gasteiger partial charge in [0.05, 0.1) is 23.3 Å². The maximum absolute atomic E-state index is 12.3. The number of nitrogens with one attached hydrogen (secondary N) is 1. The van der Waals surface area contributed by atoms with Crippen molar-refractivity contribution in [3.8, 4) is 0 Å². The maximum atomic E-state index is 12.3. The first-order valence-electron chi connectivity index (χ1n) is 6.85. The lowest BCUT2D eigenvalue weighted by atomic mass is 10.1. The number of amides is 1. The molecule has 8 nitrogen and oxygen atoms in total. The van der Waals surface area contributed by atoms with Gasteiger partial charge in [-0.3, -0.25) is 14.9 Å². The van der Waals surface area contributed by atoms with Crippen molar-refractivity contribution in [1.29, 1.82) is 0 Å². The quantitative estimate of drug-likeness (QED) is 0.620. The minimum absolute atomic E-state index is 0.0676. The highest BCUT2D eigenvalue weighted by Crippen LogP contribution is 2.24. The monoisotopic (exact) mass is 319 g/mol. The van der Waals surface area contributed by atoms with Gasteiger partial charge in [-0.2, -0.15) is 0 Å². The first-order valence-corrected chi connectivity index (χ1v) is 6.85. The van der Waals surface area contributed by atoms with Crippen LogP contribution in [0.3, 0.4) is 0 Å². The second-order valence-electron chi connectivity index (χ2n) is 5.09. The van der Waals surface area contributed by atoms with Crippen LogP contribution >= 0.6 is 0 Å². The van der Waals surface area contributed by atoms with Gasteiger partial charge in [-0.15, -0.1) is 0 Å². The van der Waals surface area contributed by atoms with E-state index in [4.69, 9.17) is 4.42 Å². The van der Waals surface area contributed by atoms with Crippen molar-refractivity contribution in [1.82, 2.24) is 5.32 Å². The Balaban J connectivity index is 2.17. The number of non-ortho nitro benzene ring substituents is 1. The van der Waals surface area contributed by atoms with Crippen LogP contribution < -0.4 is 10.2 Å². The minimum atomic E-state index is -0.990. The number of aliphatic hydroxyl groups excluding tert-OH is 1. The summed E-state index contributed by atoms with van der Waals surface area (Å²) >= 11 is 0. The van der Waals surface area contributed by atoms with E-state index in [0.29, 0.717) is 11.4 Å². The highest BCUT2D eigenvalue weighted by atomic mass is 16.6. The van der Waals surface area contributed by atoms with Gasteiger partial charge in [0, 0.05) is 31.9 Å². The van der Waals surface area contributed by atoms with Crippen molar-refractivity contribution in [2.45, 2.75) is 6.10 Å². The van der Waals surface area contributed by atoms with Crippen molar-refractivity contribution in [3.63, 3.8) is 0 Å². The number of nitro benzene ring substituents is 1. The van der Waals surface area contributed by atoms with Crippen molar-refractivity contribution in [2.24, 2.45) is 0 Å². The van der Waals surface area contributed by atoms with E-state index in [1.165, 1.54) is 24.5 Å². The number of nitro groups is 1. The summed E-state index contributed by atoms with van der Waals surface area (Å²) in [4.78, 5) is 24.3. The molecule has 122 valence electrons. The SMILES string of the molecule is CN(C)c1ccc([N+](=O)[O-])cc1C(=O)NCC(O)c1ccco1. The zero-order valence-corrected chi connectivity index (χ0v) is 12.7. The van der Waals surface area contributed by atoms with Crippen LogP contribution in [0.4, 0.5) is 11.4 Å². The zero-order valence-electron chi connectivity index (χ0n) is 12.7. The van der Waals surface area contributed by atoms with Crippen LogP contribution in [0.15, 0.2) is 41.0 Å². The third-order valence-corrected chi connectivity index (χ3v) is 3.24. The molecule has 0 bridgehead atoms. The lowest BCUT2D eigenvalue weighted by Crippen LogP contribution is -2.29. The van der Waals surface area contributed by atoms with E-state index in [9.17, 15) is 20.0 Å². The average Bonchev–Trinajstić information content (AvgIpc) is 3.05. The van der Waals surface area contributed by atoms with Gasteiger partial charge in [-0.1, -0.05) is 0 Å². The van der Waals surface area contributed by atoms with Crippen LogP contribution in [0.1, 0.15) is 22.2 Å². The molecule has 1 unspecified atom stereocenters. The normalized spacial score (nSPS) is 11.8. The summed E-state index contributed by atoms with van der Waals surface area (Å²) in [6, 6.07) is 7.28. The predicted octanol–water partition coefficient (Wildman–Crippen LogP) is 1.72. The Morgan fingerprint density at radius 3 is 2.74 bits per heavy atom. The van der Waals surface area contributed by atoms with Gasteiger partial charge in [0.1, 0.15) is 11.9 Å². The molecular formula is C15H17N3O5. The van der Waals surface area contributed by atoms with E-state index in [1.54, 1.807) is 31.1 Å². The summed E-state index contributed by atoms with van der Waals surface area (Å²) in [6.07, 6.45) is 0.431. The molecule has 0 aliphatic heterocycles. The van der Waals surface area contributed by atoms with Crippen LogP contribution in [0.2, 0.25) is 0 Å². The lowest BCUT2D eigenvalue weighted by Gasteiger charge is -2.17. The largest absolute Gasteiger partial charge is 0.467 e. The van der Waals surface area contributed by atoms with Crippen LogP contribution in [-0.2, 0) is 0 Å². The van der Waals surface area contributed by atoms with Gasteiger partial charge in [-0.25, -0.2) is 0 Å². The molecule has 0 aliphatic rings. The number of benzene rings is 1. The molecule has 0 spiro atoms. The van der Waals surface area contributed by atoms with E-state index in [2.05, 4.69) is 5.32 Å². The second kappa shape index (κ2) is 6.93. The summed E-state index contributed by atoms with van der Waals surface area (Å²) in [5.74, 6) is -0.180. The van der Waals surface area contributed by atoms with Gasteiger partial charge in [0.2, 0.25) is 0 Å². The number of hydrogen-bond donors (Lipinski definition) is 2. The summed E-state index contributed by atoms with van der Waals surface area (Å²) in [5.41, 5.74) is 0.531. The zero-order chi connectivity index (χ0) is 17.0. The Morgan fingerprint density at radius 2 is 2.17 bits per heavy atom. The second-order valence-corrected chi connectivity index (χ2v) is 5.09.